The number of hydrogen-bond acceptors (Lipinski definition) is 4. The Morgan fingerprint density at radius 1 is 1.37 bits per heavy atom. The van der Waals surface area contributed by atoms with Gasteiger partial charge in [0.1, 0.15) is 0 Å². The highest BCUT2D eigenvalue weighted by atomic mass is 16.3. The molecule has 1 unspecified atom stereocenters. The fourth-order valence-corrected chi connectivity index (χ4v) is 2.86. The van der Waals surface area contributed by atoms with Crippen molar-refractivity contribution in [3.63, 3.8) is 0 Å². The largest absolute Gasteiger partial charge is 0.398 e. The predicted molar refractivity (Wildman–Crippen MR) is 78.2 cm³/mol. The van der Waals surface area contributed by atoms with Crippen molar-refractivity contribution in [1.29, 1.82) is 0 Å². The number of aromatic nitrogens is 1. The number of piperidine rings is 1. The van der Waals surface area contributed by atoms with Crippen molar-refractivity contribution >= 4 is 22.3 Å². The van der Waals surface area contributed by atoms with Gasteiger partial charge in [0.05, 0.1) is 16.8 Å². The maximum absolute atomic E-state index is 10.2. The van der Waals surface area contributed by atoms with Crippen molar-refractivity contribution in [3.05, 3.63) is 30.5 Å². The molecule has 4 heteroatoms. The number of β-amino-alcohol motifs (C(OH)–C–C–N with tert-alkyl or cyclic N) is 1. The van der Waals surface area contributed by atoms with Crippen molar-refractivity contribution in [1.82, 2.24) is 4.98 Å². The van der Waals surface area contributed by atoms with Crippen LogP contribution >= 0.6 is 0 Å². The van der Waals surface area contributed by atoms with Crippen molar-refractivity contribution in [2.24, 2.45) is 0 Å². The lowest BCUT2D eigenvalue weighted by molar-refractivity contribution is 0.0450. The van der Waals surface area contributed by atoms with E-state index in [-0.39, 0.29) is 0 Å². The zero-order valence-electron chi connectivity index (χ0n) is 11.1. The van der Waals surface area contributed by atoms with E-state index in [0.29, 0.717) is 6.54 Å². The normalized spacial score (nSPS) is 23.8. The van der Waals surface area contributed by atoms with Gasteiger partial charge < -0.3 is 15.7 Å². The first-order valence-electron chi connectivity index (χ1n) is 6.67. The van der Waals surface area contributed by atoms with Gasteiger partial charge in [0.25, 0.3) is 0 Å². The van der Waals surface area contributed by atoms with Gasteiger partial charge in [-0.2, -0.15) is 0 Å². The number of rotatable bonds is 1. The Morgan fingerprint density at radius 2 is 2.21 bits per heavy atom. The van der Waals surface area contributed by atoms with E-state index in [1.807, 2.05) is 31.2 Å². The predicted octanol–water partition coefficient (Wildman–Crippen LogP) is 2.17. The number of nitrogen functional groups attached to an aromatic ring is 1. The second kappa shape index (κ2) is 4.38. The van der Waals surface area contributed by atoms with Crippen LogP contribution in [-0.4, -0.2) is 28.8 Å². The number of benzene rings is 1. The average molecular weight is 257 g/mol. The third-order valence-corrected chi connectivity index (χ3v) is 3.80. The van der Waals surface area contributed by atoms with E-state index in [4.69, 9.17) is 5.73 Å². The molecule has 2 heterocycles. The summed E-state index contributed by atoms with van der Waals surface area (Å²) in [4.78, 5) is 6.67. The molecule has 100 valence electrons. The molecular weight excluding hydrogens is 238 g/mol. The standard InChI is InChI=1S/C15H19N3O/c1-15(19)7-3-9-18(10-15)13-6-5-12(16)11-4-2-8-17-14(11)13/h2,4-6,8,19H,3,7,9-10,16H2,1H3. The summed E-state index contributed by atoms with van der Waals surface area (Å²) < 4.78 is 0. The molecule has 3 rings (SSSR count). The number of hydrogen-bond donors (Lipinski definition) is 2. The summed E-state index contributed by atoms with van der Waals surface area (Å²) in [5.74, 6) is 0. The van der Waals surface area contributed by atoms with Gasteiger partial charge >= 0.3 is 0 Å². The maximum atomic E-state index is 10.2. The van der Waals surface area contributed by atoms with Crippen molar-refractivity contribution in [3.8, 4) is 0 Å². The Bertz CT molecular complexity index is 609. The highest BCUT2D eigenvalue weighted by Gasteiger charge is 2.29. The van der Waals surface area contributed by atoms with Crippen LogP contribution in [0.15, 0.2) is 30.5 Å². The summed E-state index contributed by atoms with van der Waals surface area (Å²) in [5.41, 5.74) is 8.10. The van der Waals surface area contributed by atoms with E-state index in [0.717, 1.165) is 41.7 Å². The summed E-state index contributed by atoms with van der Waals surface area (Å²) >= 11 is 0. The first kappa shape index (κ1) is 12.2. The van der Waals surface area contributed by atoms with Gasteiger partial charge in [-0.3, -0.25) is 4.98 Å². The van der Waals surface area contributed by atoms with Crippen LogP contribution in [0, 0.1) is 0 Å². The Labute approximate surface area is 112 Å². The first-order chi connectivity index (χ1) is 9.07. The molecule has 0 bridgehead atoms. The smallest absolute Gasteiger partial charge is 0.0955 e. The molecule has 1 aliphatic rings. The monoisotopic (exact) mass is 257 g/mol. The summed E-state index contributed by atoms with van der Waals surface area (Å²) in [6, 6.07) is 7.81. The lowest BCUT2D eigenvalue weighted by atomic mass is 9.94. The number of aliphatic hydroxyl groups is 1. The minimum absolute atomic E-state index is 0.624. The summed E-state index contributed by atoms with van der Waals surface area (Å²) in [6.07, 6.45) is 3.63. The number of fused-ring (bicyclic) bond motifs is 1. The topological polar surface area (TPSA) is 62.4 Å². The first-order valence-corrected chi connectivity index (χ1v) is 6.67. The summed E-state index contributed by atoms with van der Waals surface area (Å²) in [7, 11) is 0. The molecule has 4 nitrogen and oxygen atoms in total. The van der Waals surface area contributed by atoms with E-state index in [1.54, 1.807) is 6.20 Å². The van der Waals surface area contributed by atoms with Gasteiger partial charge in [0, 0.05) is 30.4 Å². The molecule has 0 saturated carbocycles. The summed E-state index contributed by atoms with van der Waals surface area (Å²) in [5, 5.41) is 11.2. The molecule has 1 aliphatic heterocycles. The van der Waals surface area contributed by atoms with Crippen LogP contribution in [0.2, 0.25) is 0 Å². The Balaban J connectivity index is 2.08. The molecule has 0 radical (unpaired) electrons. The molecule has 1 atom stereocenters. The molecule has 19 heavy (non-hydrogen) atoms. The van der Waals surface area contributed by atoms with Crippen LogP contribution in [0.25, 0.3) is 10.9 Å². The van der Waals surface area contributed by atoms with Crippen LogP contribution in [0.4, 0.5) is 11.4 Å². The fraction of sp³-hybridized carbons (Fsp3) is 0.400. The van der Waals surface area contributed by atoms with E-state index in [2.05, 4.69) is 9.88 Å². The highest BCUT2D eigenvalue weighted by Crippen LogP contribution is 2.32. The quantitative estimate of drug-likeness (QED) is 0.769. The van der Waals surface area contributed by atoms with Crippen molar-refractivity contribution < 1.29 is 5.11 Å². The number of pyridine rings is 1. The minimum atomic E-state index is -0.624. The molecule has 1 aromatic heterocycles. The molecule has 0 aliphatic carbocycles. The third-order valence-electron chi connectivity index (χ3n) is 3.80. The van der Waals surface area contributed by atoms with Crippen LogP contribution in [0.5, 0.6) is 0 Å². The van der Waals surface area contributed by atoms with E-state index in [9.17, 15) is 5.11 Å². The lowest BCUT2D eigenvalue weighted by Gasteiger charge is -2.38. The maximum Gasteiger partial charge on any atom is 0.0955 e. The molecule has 1 fully saturated rings. The molecule has 1 aromatic carbocycles. The molecule has 3 N–H and O–H groups in total. The highest BCUT2D eigenvalue weighted by molar-refractivity contribution is 5.98. The lowest BCUT2D eigenvalue weighted by Crippen LogP contribution is -2.46. The molecule has 2 aromatic rings. The van der Waals surface area contributed by atoms with E-state index >= 15 is 0 Å². The SMILES string of the molecule is CC1(O)CCCN(c2ccc(N)c3cccnc23)C1. The number of nitrogens with two attached hydrogens (primary N) is 1. The van der Waals surface area contributed by atoms with E-state index in [1.165, 1.54) is 0 Å². The molecule has 0 amide bonds. The number of nitrogens with zero attached hydrogens (tertiary/aromatic N) is 2. The molecule has 0 spiro atoms. The summed E-state index contributed by atoms with van der Waals surface area (Å²) in [6.45, 7) is 3.49. The Hall–Kier alpha value is -1.81. The van der Waals surface area contributed by atoms with Crippen LogP contribution in [0.3, 0.4) is 0 Å². The van der Waals surface area contributed by atoms with Gasteiger partial charge in [-0.25, -0.2) is 0 Å². The minimum Gasteiger partial charge on any atom is -0.398 e. The van der Waals surface area contributed by atoms with Crippen molar-refractivity contribution in [2.75, 3.05) is 23.7 Å². The van der Waals surface area contributed by atoms with Crippen LogP contribution in [0.1, 0.15) is 19.8 Å². The van der Waals surface area contributed by atoms with Crippen LogP contribution in [-0.2, 0) is 0 Å². The van der Waals surface area contributed by atoms with Gasteiger partial charge in [0.15, 0.2) is 0 Å². The van der Waals surface area contributed by atoms with Crippen molar-refractivity contribution in [2.45, 2.75) is 25.4 Å². The Kier molecular flexibility index (Phi) is 2.82. The van der Waals surface area contributed by atoms with Gasteiger partial charge in [-0.05, 0) is 44.0 Å². The molecule has 1 saturated heterocycles. The van der Waals surface area contributed by atoms with Gasteiger partial charge in [-0.15, -0.1) is 0 Å². The average Bonchev–Trinajstić information content (AvgIpc) is 2.38. The zero-order valence-corrected chi connectivity index (χ0v) is 11.1. The third kappa shape index (κ3) is 2.24. The van der Waals surface area contributed by atoms with Crippen LogP contribution < -0.4 is 10.6 Å². The van der Waals surface area contributed by atoms with Gasteiger partial charge in [-0.1, -0.05) is 0 Å². The Morgan fingerprint density at radius 3 is 3.00 bits per heavy atom. The second-order valence-electron chi connectivity index (χ2n) is 5.60. The molecular formula is C15H19N3O. The fourth-order valence-electron chi connectivity index (χ4n) is 2.86. The second-order valence-corrected chi connectivity index (χ2v) is 5.60. The number of anilines is 2. The van der Waals surface area contributed by atoms with E-state index < -0.39 is 5.60 Å². The van der Waals surface area contributed by atoms with Gasteiger partial charge in [0.2, 0.25) is 0 Å². The zero-order chi connectivity index (χ0) is 13.5.